The second-order valence-electron chi connectivity index (χ2n) is 4.07. The summed E-state index contributed by atoms with van der Waals surface area (Å²) in [6, 6.07) is 3.46. The standard InChI is InChI=1S/C12H15ClN2O2/c1-2-7-3-8-5-15-10(12(14)16)6-17-11(8)9(13)4-7/h3-4,10,15H,2,5-6H2,1H3,(H2,14,16). The third kappa shape index (κ3) is 2.53. The van der Waals surface area contributed by atoms with E-state index >= 15 is 0 Å². The highest BCUT2D eigenvalue weighted by molar-refractivity contribution is 6.32. The topological polar surface area (TPSA) is 64.3 Å². The number of amides is 1. The molecular weight excluding hydrogens is 240 g/mol. The Morgan fingerprint density at radius 3 is 3.06 bits per heavy atom. The highest BCUT2D eigenvalue weighted by Crippen LogP contribution is 2.32. The lowest BCUT2D eigenvalue weighted by Gasteiger charge is -2.11. The summed E-state index contributed by atoms with van der Waals surface area (Å²) in [4.78, 5) is 11.1. The molecule has 2 rings (SSSR count). The quantitative estimate of drug-likeness (QED) is 0.835. The van der Waals surface area contributed by atoms with E-state index in [1.165, 1.54) is 0 Å². The van der Waals surface area contributed by atoms with Crippen LogP contribution in [0.25, 0.3) is 0 Å². The zero-order valence-electron chi connectivity index (χ0n) is 9.63. The van der Waals surface area contributed by atoms with Crippen molar-refractivity contribution < 1.29 is 9.53 Å². The Bertz CT molecular complexity index is 448. The first-order valence-electron chi connectivity index (χ1n) is 5.58. The number of ether oxygens (including phenoxy) is 1. The van der Waals surface area contributed by atoms with E-state index in [9.17, 15) is 4.79 Å². The number of halogens is 1. The van der Waals surface area contributed by atoms with Crippen molar-refractivity contribution >= 4 is 17.5 Å². The third-order valence-corrected chi connectivity index (χ3v) is 3.15. The van der Waals surface area contributed by atoms with Crippen molar-refractivity contribution in [3.8, 4) is 5.75 Å². The van der Waals surface area contributed by atoms with E-state index in [0.29, 0.717) is 17.3 Å². The number of hydrogen-bond acceptors (Lipinski definition) is 3. The maximum absolute atomic E-state index is 11.1. The van der Waals surface area contributed by atoms with Crippen LogP contribution in [-0.4, -0.2) is 18.6 Å². The first kappa shape index (κ1) is 12.2. The summed E-state index contributed by atoms with van der Waals surface area (Å²) in [5.74, 6) is 0.241. The summed E-state index contributed by atoms with van der Waals surface area (Å²) < 4.78 is 5.56. The van der Waals surface area contributed by atoms with Gasteiger partial charge in [0.15, 0.2) is 0 Å². The summed E-state index contributed by atoms with van der Waals surface area (Å²) in [6.45, 7) is 2.82. The van der Waals surface area contributed by atoms with Crippen molar-refractivity contribution in [1.82, 2.24) is 5.32 Å². The number of fused-ring (bicyclic) bond motifs is 1. The van der Waals surface area contributed by atoms with Gasteiger partial charge in [-0.25, -0.2) is 0 Å². The second-order valence-corrected chi connectivity index (χ2v) is 4.47. The maximum atomic E-state index is 11.1. The largest absolute Gasteiger partial charge is 0.489 e. The molecule has 0 saturated carbocycles. The highest BCUT2D eigenvalue weighted by Gasteiger charge is 2.22. The minimum Gasteiger partial charge on any atom is -0.489 e. The van der Waals surface area contributed by atoms with Gasteiger partial charge in [0.25, 0.3) is 0 Å². The minimum absolute atomic E-state index is 0.216. The van der Waals surface area contributed by atoms with Gasteiger partial charge in [0.2, 0.25) is 5.91 Å². The molecular formula is C12H15ClN2O2. The van der Waals surface area contributed by atoms with Gasteiger partial charge in [-0.2, -0.15) is 0 Å². The predicted octanol–water partition coefficient (Wildman–Crippen LogP) is 1.24. The Morgan fingerprint density at radius 2 is 2.41 bits per heavy atom. The van der Waals surface area contributed by atoms with Crippen LogP contribution in [0.15, 0.2) is 12.1 Å². The molecule has 1 aromatic carbocycles. The SMILES string of the molecule is CCc1cc(Cl)c2c(c1)CNC(C(N)=O)CO2. The first-order valence-corrected chi connectivity index (χ1v) is 5.96. The van der Waals surface area contributed by atoms with Gasteiger partial charge in [-0.3, -0.25) is 10.1 Å². The van der Waals surface area contributed by atoms with Crippen LogP contribution in [0.4, 0.5) is 0 Å². The fourth-order valence-corrected chi connectivity index (χ4v) is 2.17. The average molecular weight is 255 g/mol. The molecule has 1 aromatic rings. The lowest BCUT2D eigenvalue weighted by atomic mass is 10.1. The Hall–Kier alpha value is -1.26. The van der Waals surface area contributed by atoms with E-state index in [1.807, 2.05) is 12.1 Å². The number of aryl methyl sites for hydroxylation is 1. The lowest BCUT2D eigenvalue weighted by molar-refractivity contribution is -0.120. The smallest absolute Gasteiger partial charge is 0.238 e. The molecule has 0 radical (unpaired) electrons. The van der Waals surface area contributed by atoms with Crippen LogP contribution in [0, 0.1) is 0 Å². The van der Waals surface area contributed by atoms with Gasteiger partial charge < -0.3 is 10.5 Å². The molecule has 92 valence electrons. The number of rotatable bonds is 2. The number of carbonyl (C=O) groups excluding carboxylic acids is 1. The molecule has 1 aliphatic heterocycles. The van der Waals surface area contributed by atoms with Crippen molar-refractivity contribution in [2.75, 3.05) is 6.61 Å². The summed E-state index contributed by atoms with van der Waals surface area (Å²) in [6.07, 6.45) is 0.909. The number of primary amides is 1. The molecule has 17 heavy (non-hydrogen) atoms. The van der Waals surface area contributed by atoms with Crippen LogP contribution in [0.2, 0.25) is 5.02 Å². The molecule has 1 unspecified atom stereocenters. The van der Waals surface area contributed by atoms with Gasteiger partial charge in [-0.05, 0) is 18.1 Å². The molecule has 0 aliphatic carbocycles. The normalized spacial score (nSPS) is 19.1. The van der Waals surface area contributed by atoms with Gasteiger partial charge in [-0.15, -0.1) is 0 Å². The van der Waals surface area contributed by atoms with Crippen molar-refractivity contribution in [3.05, 3.63) is 28.3 Å². The maximum Gasteiger partial charge on any atom is 0.238 e. The summed E-state index contributed by atoms with van der Waals surface area (Å²) in [5, 5.41) is 3.65. The molecule has 1 amide bonds. The number of benzene rings is 1. The van der Waals surface area contributed by atoms with E-state index < -0.39 is 11.9 Å². The van der Waals surface area contributed by atoms with E-state index in [4.69, 9.17) is 22.1 Å². The molecule has 3 N–H and O–H groups in total. The molecule has 1 aliphatic rings. The monoisotopic (exact) mass is 254 g/mol. The molecule has 0 fully saturated rings. The van der Waals surface area contributed by atoms with E-state index in [0.717, 1.165) is 17.5 Å². The molecule has 0 saturated heterocycles. The van der Waals surface area contributed by atoms with Crippen LogP contribution >= 0.6 is 11.6 Å². The Morgan fingerprint density at radius 1 is 1.65 bits per heavy atom. The average Bonchev–Trinajstić information content (AvgIpc) is 2.51. The van der Waals surface area contributed by atoms with Crippen LogP contribution in [0.1, 0.15) is 18.1 Å². The number of carbonyl (C=O) groups is 1. The van der Waals surface area contributed by atoms with Crippen LogP contribution in [-0.2, 0) is 17.8 Å². The Labute approximate surface area is 105 Å². The molecule has 0 aromatic heterocycles. The Kier molecular flexibility index (Phi) is 3.54. The van der Waals surface area contributed by atoms with Crippen molar-refractivity contribution in [2.45, 2.75) is 25.9 Å². The molecule has 4 nitrogen and oxygen atoms in total. The highest BCUT2D eigenvalue weighted by atomic mass is 35.5. The lowest BCUT2D eigenvalue weighted by Crippen LogP contribution is -2.43. The van der Waals surface area contributed by atoms with Crippen LogP contribution < -0.4 is 15.8 Å². The summed E-state index contributed by atoms with van der Waals surface area (Å²) in [7, 11) is 0. The zero-order chi connectivity index (χ0) is 12.4. The molecule has 0 spiro atoms. The number of nitrogens with two attached hydrogens (primary N) is 1. The van der Waals surface area contributed by atoms with Crippen LogP contribution in [0.3, 0.4) is 0 Å². The second kappa shape index (κ2) is 4.94. The van der Waals surface area contributed by atoms with Crippen molar-refractivity contribution in [3.63, 3.8) is 0 Å². The molecule has 5 heteroatoms. The Balaban J connectivity index is 2.30. The minimum atomic E-state index is -0.469. The summed E-state index contributed by atoms with van der Waals surface area (Å²) >= 11 is 6.16. The van der Waals surface area contributed by atoms with E-state index in [1.54, 1.807) is 0 Å². The van der Waals surface area contributed by atoms with Gasteiger partial charge in [0, 0.05) is 12.1 Å². The predicted molar refractivity (Wildman–Crippen MR) is 66.1 cm³/mol. The van der Waals surface area contributed by atoms with E-state index in [-0.39, 0.29) is 6.61 Å². The number of nitrogens with one attached hydrogen (secondary N) is 1. The first-order chi connectivity index (χ1) is 8.11. The summed E-state index contributed by atoms with van der Waals surface area (Å²) in [5.41, 5.74) is 7.37. The molecule has 0 bridgehead atoms. The van der Waals surface area contributed by atoms with Gasteiger partial charge in [0.05, 0.1) is 5.02 Å². The van der Waals surface area contributed by atoms with Crippen molar-refractivity contribution in [1.29, 1.82) is 0 Å². The fourth-order valence-electron chi connectivity index (χ4n) is 1.85. The van der Waals surface area contributed by atoms with Crippen molar-refractivity contribution in [2.24, 2.45) is 5.73 Å². The zero-order valence-corrected chi connectivity index (χ0v) is 10.4. The van der Waals surface area contributed by atoms with Crippen LogP contribution in [0.5, 0.6) is 5.75 Å². The molecule has 1 atom stereocenters. The van der Waals surface area contributed by atoms with Gasteiger partial charge >= 0.3 is 0 Å². The number of hydrogen-bond donors (Lipinski definition) is 2. The van der Waals surface area contributed by atoms with Gasteiger partial charge in [-0.1, -0.05) is 24.6 Å². The van der Waals surface area contributed by atoms with E-state index in [2.05, 4.69) is 12.2 Å². The molecule has 1 heterocycles. The third-order valence-electron chi connectivity index (χ3n) is 2.87. The fraction of sp³-hybridized carbons (Fsp3) is 0.417. The van der Waals surface area contributed by atoms with Gasteiger partial charge in [0.1, 0.15) is 18.4 Å².